The van der Waals surface area contributed by atoms with Gasteiger partial charge in [-0.1, -0.05) is 30.3 Å². The van der Waals surface area contributed by atoms with Crippen molar-refractivity contribution in [2.75, 3.05) is 0 Å². The van der Waals surface area contributed by atoms with Gasteiger partial charge in [0.15, 0.2) is 5.78 Å². The number of esters is 1. The molecule has 1 atom stereocenters. The highest BCUT2D eigenvalue weighted by atomic mass is 19.4. The lowest BCUT2D eigenvalue weighted by Gasteiger charge is -2.11. The first-order chi connectivity index (χ1) is 10.9. The second-order valence-corrected chi connectivity index (χ2v) is 5.19. The van der Waals surface area contributed by atoms with E-state index in [1.165, 1.54) is 12.1 Å². The van der Waals surface area contributed by atoms with E-state index in [-0.39, 0.29) is 12.0 Å². The van der Waals surface area contributed by atoms with Crippen LogP contribution in [0.25, 0.3) is 0 Å². The van der Waals surface area contributed by atoms with Crippen molar-refractivity contribution in [2.45, 2.75) is 18.7 Å². The van der Waals surface area contributed by atoms with Gasteiger partial charge >= 0.3 is 12.1 Å². The van der Waals surface area contributed by atoms with Crippen LogP contribution in [-0.4, -0.2) is 11.8 Å². The molecule has 1 heterocycles. The van der Waals surface area contributed by atoms with Gasteiger partial charge in [-0.3, -0.25) is 4.79 Å². The quantitative estimate of drug-likeness (QED) is 0.629. The maximum Gasteiger partial charge on any atom is 0.416 e. The van der Waals surface area contributed by atoms with E-state index in [9.17, 15) is 22.8 Å². The molecule has 0 saturated carbocycles. The zero-order valence-corrected chi connectivity index (χ0v) is 11.8. The summed E-state index contributed by atoms with van der Waals surface area (Å²) in [6, 6.07) is 10.9. The molecule has 0 spiro atoms. The average Bonchev–Trinajstić information content (AvgIpc) is 2.83. The lowest BCUT2D eigenvalue weighted by atomic mass is 9.98. The van der Waals surface area contributed by atoms with Gasteiger partial charge in [-0.15, -0.1) is 0 Å². The minimum Gasteiger partial charge on any atom is -0.453 e. The van der Waals surface area contributed by atoms with E-state index >= 15 is 0 Å². The zero-order chi connectivity index (χ0) is 16.6. The number of alkyl halides is 3. The van der Waals surface area contributed by atoms with Gasteiger partial charge in [0.25, 0.3) is 0 Å². The topological polar surface area (TPSA) is 43.4 Å². The van der Waals surface area contributed by atoms with Crippen molar-refractivity contribution in [3.8, 4) is 0 Å². The molecule has 3 nitrogen and oxygen atoms in total. The van der Waals surface area contributed by atoms with Gasteiger partial charge in [-0.2, -0.15) is 13.2 Å². The Kier molecular flexibility index (Phi) is 3.67. The molecule has 0 aromatic heterocycles. The number of ketones is 1. The minimum atomic E-state index is -4.51. The van der Waals surface area contributed by atoms with Crippen LogP contribution in [0.1, 0.15) is 44.4 Å². The third-order valence-electron chi connectivity index (χ3n) is 3.66. The van der Waals surface area contributed by atoms with Gasteiger partial charge in [-0.05, 0) is 18.2 Å². The Balaban J connectivity index is 1.82. The van der Waals surface area contributed by atoms with Crippen LogP contribution in [0.15, 0.2) is 48.5 Å². The van der Waals surface area contributed by atoms with Crippen molar-refractivity contribution in [1.29, 1.82) is 0 Å². The predicted octanol–water partition coefficient (Wildman–Crippen LogP) is 4.19. The van der Waals surface area contributed by atoms with Crippen molar-refractivity contribution in [3.63, 3.8) is 0 Å². The Bertz CT molecular complexity index is 781. The van der Waals surface area contributed by atoms with Crippen LogP contribution >= 0.6 is 0 Å². The Labute approximate surface area is 129 Å². The summed E-state index contributed by atoms with van der Waals surface area (Å²) in [7, 11) is 0. The number of hydrogen-bond acceptors (Lipinski definition) is 3. The molecule has 3 rings (SSSR count). The second-order valence-electron chi connectivity index (χ2n) is 5.19. The molecule has 118 valence electrons. The van der Waals surface area contributed by atoms with E-state index in [1.54, 1.807) is 24.3 Å². The number of carbonyl (C=O) groups excluding carboxylic acids is 2. The van der Waals surface area contributed by atoms with E-state index in [4.69, 9.17) is 4.74 Å². The number of fused-ring (bicyclic) bond motifs is 1. The normalized spacial score (nSPS) is 16.8. The maximum atomic E-state index is 12.7. The highest BCUT2D eigenvalue weighted by Gasteiger charge is 2.34. The van der Waals surface area contributed by atoms with Gasteiger partial charge in [-0.25, -0.2) is 4.79 Å². The summed E-state index contributed by atoms with van der Waals surface area (Å²) in [4.78, 5) is 23.9. The minimum absolute atomic E-state index is 0.0553. The number of cyclic esters (lactones) is 1. The molecule has 23 heavy (non-hydrogen) atoms. The molecule has 0 bridgehead atoms. The molecule has 0 fully saturated rings. The first-order valence-electron chi connectivity index (χ1n) is 6.86. The molecular formula is C17H11F3O3. The molecule has 0 aliphatic carbocycles. The summed E-state index contributed by atoms with van der Waals surface area (Å²) in [5.41, 5.74) is 0.0274. The van der Waals surface area contributed by atoms with Gasteiger partial charge in [0.2, 0.25) is 0 Å². The van der Waals surface area contributed by atoms with Crippen molar-refractivity contribution < 1.29 is 27.5 Å². The fourth-order valence-corrected chi connectivity index (χ4v) is 2.53. The molecule has 1 aliphatic rings. The van der Waals surface area contributed by atoms with Crippen LogP contribution in [0.3, 0.4) is 0 Å². The van der Waals surface area contributed by atoms with E-state index in [2.05, 4.69) is 0 Å². The van der Waals surface area contributed by atoms with Crippen LogP contribution in [0, 0.1) is 0 Å². The number of Topliss-reactive ketones (excluding diaryl/α,β-unsaturated/α-hetero) is 1. The summed E-state index contributed by atoms with van der Waals surface area (Å²) in [6.07, 6.45) is -5.46. The predicted molar refractivity (Wildman–Crippen MR) is 75.0 cm³/mol. The standard InChI is InChI=1S/C17H11F3O3/c18-17(19,20)11-5-3-4-10(8-11)14(21)9-15-12-6-1-2-7-13(12)16(22)23-15/h1-8,15H,9H2. The molecule has 2 aromatic rings. The van der Waals surface area contributed by atoms with E-state index in [0.29, 0.717) is 11.1 Å². The highest BCUT2D eigenvalue weighted by molar-refractivity contribution is 5.99. The van der Waals surface area contributed by atoms with Crippen molar-refractivity contribution >= 4 is 11.8 Å². The lowest BCUT2D eigenvalue weighted by Crippen LogP contribution is -2.10. The van der Waals surface area contributed by atoms with Crippen LogP contribution in [0.2, 0.25) is 0 Å². The largest absolute Gasteiger partial charge is 0.453 e. The third-order valence-corrected chi connectivity index (χ3v) is 3.66. The van der Waals surface area contributed by atoms with E-state index in [0.717, 1.165) is 12.1 Å². The molecule has 0 N–H and O–H groups in total. The van der Waals surface area contributed by atoms with Gasteiger partial charge in [0.05, 0.1) is 17.5 Å². The number of benzene rings is 2. The SMILES string of the molecule is O=C(CC1OC(=O)c2ccccc21)c1cccc(C(F)(F)F)c1. The summed E-state index contributed by atoms with van der Waals surface area (Å²) in [5.74, 6) is -1.03. The van der Waals surface area contributed by atoms with Crippen LogP contribution in [0.4, 0.5) is 13.2 Å². The molecule has 0 radical (unpaired) electrons. The number of carbonyl (C=O) groups is 2. The number of rotatable bonds is 3. The summed E-state index contributed by atoms with van der Waals surface area (Å²) < 4.78 is 43.3. The molecule has 2 aromatic carbocycles. The molecule has 6 heteroatoms. The third kappa shape index (κ3) is 2.97. The Morgan fingerprint density at radius 3 is 2.57 bits per heavy atom. The van der Waals surface area contributed by atoms with Gasteiger partial charge < -0.3 is 4.74 Å². The zero-order valence-electron chi connectivity index (χ0n) is 11.8. The highest BCUT2D eigenvalue weighted by Crippen LogP contribution is 2.34. The number of halogens is 3. The smallest absolute Gasteiger partial charge is 0.416 e. The van der Waals surface area contributed by atoms with Crippen LogP contribution in [0.5, 0.6) is 0 Å². The van der Waals surface area contributed by atoms with Crippen LogP contribution in [-0.2, 0) is 10.9 Å². The molecule has 0 amide bonds. The first-order valence-corrected chi connectivity index (χ1v) is 6.86. The van der Waals surface area contributed by atoms with Crippen molar-refractivity contribution in [2.24, 2.45) is 0 Å². The molecule has 1 aliphatic heterocycles. The van der Waals surface area contributed by atoms with E-state index < -0.39 is 29.6 Å². The number of hydrogen-bond donors (Lipinski definition) is 0. The summed E-state index contributed by atoms with van der Waals surface area (Å²) >= 11 is 0. The maximum absolute atomic E-state index is 12.7. The second kappa shape index (κ2) is 5.53. The molecular weight excluding hydrogens is 309 g/mol. The Morgan fingerprint density at radius 2 is 1.83 bits per heavy atom. The van der Waals surface area contributed by atoms with E-state index in [1.807, 2.05) is 0 Å². The van der Waals surface area contributed by atoms with Gasteiger partial charge in [0.1, 0.15) is 6.10 Å². The lowest BCUT2D eigenvalue weighted by molar-refractivity contribution is -0.137. The van der Waals surface area contributed by atoms with Crippen LogP contribution < -0.4 is 0 Å². The van der Waals surface area contributed by atoms with Gasteiger partial charge in [0, 0.05) is 11.1 Å². The fourth-order valence-electron chi connectivity index (χ4n) is 2.53. The molecule has 1 unspecified atom stereocenters. The first kappa shape index (κ1) is 15.3. The Hall–Kier alpha value is -2.63. The van der Waals surface area contributed by atoms with Crippen molar-refractivity contribution in [1.82, 2.24) is 0 Å². The van der Waals surface area contributed by atoms with Crippen molar-refractivity contribution in [3.05, 3.63) is 70.8 Å². The Morgan fingerprint density at radius 1 is 1.09 bits per heavy atom. The summed E-state index contributed by atoms with van der Waals surface area (Å²) in [6.45, 7) is 0. The summed E-state index contributed by atoms with van der Waals surface area (Å²) in [5, 5.41) is 0. The fraction of sp³-hybridized carbons (Fsp3) is 0.176. The average molecular weight is 320 g/mol. The molecule has 0 saturated heterocycles. The number of ether oxygens (including phenoxy) is 1. The monoisotopic (exact) mass is 320 g/mol.